The van der Waals surface area contributed by atoms with Crippen molar-refractivity contribution in [2.75, 3.05) is 23.7 Å². The number of rotatable bonds is 9. The molecule has 0 spiro atoms. The van der Waals surface area contributed by atoms with E-state index in [0.717, 1.165) is 43.0 Å². The van der Waals surface area contributed by atoms with Gasteiger partial charge >= 0.3 is 0 Å². The molecule has 0 bridgehead atoms. The Hall–Kier alpha value is -4.89. The first kappa shape index (κ1) is 31.1. The van der Waals surface area contributed by atoms with Crippen LogP contribution in [0.2, 0.25) is 0 Å². The number of piperidine rings is 1. The van der Waals surface area contributed by atoms with Crippen molar-refractivity contribution in [1.82, 2.24) is 10.2 Å². The summed E-state index contributed by atoms with van der Waals surface area (Å²) in [6, 6.07) is 21.8. The van der Waals surface area contributed by atoms with Gasteiger partial charge in [-0.3, -0.25) is 14.5 Å². The Morgan fingerprint density at radius 2 is 1.63 bits per heavy atom. The third-order valence-corrected chi connectivity index (χ3v) is 8.52. The van der Waals surface area contributed by atoms with Crippen LogP contribution >= 0.6 is 0 Å². The molecule has 0 aliphatic carbocycles. The fourth-order valence-corrected chi connectivity index (χ4v) is 6.11. The molecule has 2 heterocycles. The van der Waals surface area contributed by atoms with Crippen LogP contribution in [0, 0.1) is 17.5 Å². The molecule has 1 unspecified atom stereocenters. The third kappa shape index (κ3) is 6.84. The fourth-order valence-electron chi connectivity index (χ4n) is 6.11. The molecule has 1 saturated heterocycles. The van der Waals surface area contributed by atoms with Crippen LogP contribution in [-0.4, -0.2) is 29.8 Å². The zero-order chi connectivity index (χ0) is 32.2. The highest BCUT2D eigenvalue weighted by molar-refractivity contribution is 6.37. The average molecular weight is 625 g/mol. The second kappa shape index (κ2) is 13.6. The van der Waals surface area contributed by atoms with Crippen molar-refractivity contribution in [3.05, 3.63) is 130 Å². The number of nitrogens with zero attached hydrogens (tertiary/aromatic N) is 1. The van der Waals surface area contributed by atoms with Gasteiger partial charge in [0.1, 0.15) is 5.82 Å². The van der Waals surface area contributed by atoms with Gasteiger partial charge in [-0.25, -0.2) is 13.2 Å². The van der Waals surface area contributed by atoms with Crippen LogP contribution in [0.1, 0.15) is 71.3 Å². The van der Waals surface area contributed by atoms with Crippen LogP contribution in [0.3, 0.4) is 0 Å². The summed E-state index contributed by atoms with van der Waals surface area (Å²) < 4.78 is 41.4. The number of likely N-dealkylation sites (tertiary alicyclic amines) is 1. The lowest BCUT2D eigenvalue weighted by molar-refractivity contribution is -0.110. The van der Waals surface area contributed by atoms with Crippen molar-refractivity contribution in [3.63, 3.8) is 0 Å². The van der Waals surface area contributed by atoms with Gasteiger partial charge in [-0.2, -0.15) is 0 Å². The van der Waals surface area contributed by atoms with Gasteiger partial charge in [0.15, 0.2) is 11.6 Å². The number of nitrogens with one attached hydrogen (secondary N) is 3. The molecule has 3 N–H and O–H groups in total. The summed E-state index contributed by atoms with van der Waals surface area (Å²) in [6.07, 6.45) is 4.09. The van der Waals surface area contributed by atoms with Gasteiger partial charge in [0.2, 0.25) is 0 Å². The summed E-state index contributed by atoms with van der Waals surface area (Å²) in [5.74, 6) is -3.14. The lowest BCUT2D eigenvalue weighted by Crippen LogP contribution is -2.29. The highest BCUT2D eigenvalue weighted by Crippen LogP contribution is 2.38. The minimum Gasteiger partial charge on any atom is -0.354 e. The van der Waals surface area contributed by atoms with E-state index >= 15 is 0 Å². The molecule has 9 heteroatoms. The number of carbonyl (C=O) groups excluding carboxylic acids is 2. The standard InChI is InChI=1S/C37H35F3N4O2/c1-2-32(25-11-15-30(39)31(40)21-25)42-36(45)26-12-16-33-29(20-26)34(37(46)43-33)35(24-9-13-27(38)14-10-24)41-28-8-6-7-23(19-28)22-44-17-4-3-5-18-44/h6-16,19-21,32,41H,2-5,17-18,22H2,1H3,(H,42,45)(H,43,46). The van der Waals surface area contributed by atoms with Gasteiger partial charge in [-0.15, -0.1) is 0 Å². The van der Waals surface area contributed by atoms with E-state index in [4.69, 9.17) is 0 Å². The van der Waals surface area contributed by atoms with Crippen molar-refractivity contribution < 1.29 is 22.8 Å². The van der Waals surface area contributed by atoms with E-state index in [9.17, 15) is 22.8 Å². The zero-order valence-electron chi connectivity index (χ0n) is 25.5. The molecule has 6 nitrogen and oxygen atoms in total. The van der Waals surface area contributed by atoms with Gasteiger partial charge < -0.3 is 16.0 Å². The summed E-state index contributed by atoms with van der Waals surface area (Å²) in [5.41, 5.74) is 5.06. The number of carbonyl (C=O) groups is 2. The smallest absolute Gasteiger partial charge is 0.258 e. The molecule has 0 saturated carbocycles. The van der Waals surface area contributed by atoms with Crippen molar-refractivity contribution in [2.24, 2.45) is 0 Å². The van der Waals surface area contributed by atoms with E-state index in [1.165, 1.54) is 37.5 Å². The lowest BCUT2D eigenvalue weighted by atomic mass is 9.97. The van der Waals surface area contributed by atoms with Gasteiger partial charge in [-0.05, 0) is 116 Å². The molecule has 2 aliphatic rings. The predicted octanol–water partition coefficient (Wildman–Crippen LogP) is 7.90. The molecule has 2 aliphatic heterocycles. The molecule has 2 amide bonds. The minimum atomic E-state index is -0.986. The molecule has 4 aromatic carbocycles. The fraction of sp³-hybridized carbons (Fsp3) is 0.243. The maximum Gasteiger partial charge on any atom is 0.258 e. The number of fused-ring (bicyclic) bond motifs is 1. The molecule has 0 radical (unpaired) electrons. The van der Waals surface area contributed by atoms with Crippen LogP contribution in [0.5, 0.6) is 0 Å². The number of hydrogen-bond donors (Lipinski definition) is 3. The van der Waals surface area contributed by atoms with Crippen LogP contribution in [0.4, 0.5) is 24.5 Å². The predicted molar refractivity (Wildman–Crippen MR) is 174 cm³/mol. The summed E-state index contributed by atoms with van der Waals surface area (Å²) in [5, 5.41) is 9.23. The number of benzene rings is 4. The van der Waals surface area contributed by atoms with Crippen molar-refractivity contribution in [3.8, 4) is 0 Å². The molecule has 236 valence electrons. The van der Waals surface area contributed by atoms with Gasteiger partial charge in [0.25, 0.3) is 11.8 Å². The Morgan fingerprint density at radius 1 is 0.870 bits per heavy atom. The molecule has 0 aromatic heterocycles. The maximum atomic E-state index is 14.0. The van der Waals surface area contributed by atoms with E-state index < -0.39 is 29.4 Å². The van der Waals surface area contributed by atoms with Gasteiger partial charge in [0, 0.05) is 29.0 Å². The Kier molecular flexibility index (Phi) is 9.21. The summed E-state index contributed by atoms with van der Waals surface area (Å²) in [7, 11) is 0. The van der Waals surface area contributed by atoms with Crippen molar-refractivity contribution in [1.29, 1.82) is 0 Å². The number of hydrogen-bond acceptors (Lipinski definition) is 4. The summed E-state index contributed by atoms with van der Waals surface area (Å²) in [6.45, 7) is 4.79. The van der Waals surface area contributed by atoms with E-state index in [2.05, 4.69) is 33.0 Å². The van der Waals surface area contributed by atoms with E-state index in [0.29, 0.717) is 40.1 Å². The monoisotopic (exact) mass is 624 g/mol. The topological polar surface area (TPSA) is 73.5 Å². The molecule has 1 fully saturated rings. The summed E-state index contributed by atoms with van der Waals surface area (Å²) in [4.78, 5) is 29.4. The van der Waals surface area contributed by atoms with Crippen LogP contribution in [0.25, 0.3) is 11.3 Å². The van der Waals surface area contributed by atoms with Crippen molar-refractivity contribution in [2.45, 2.75) is 45.2 Å². The Morgan fingerprint density at radius 3 is 2.37 bits per heavy atom. The molecular formula is C37H35F3N4O2. The van der Waals surface area contributed by atoms with Crippen LogP contribution < -0.4 is 16.0 Å². The second-order valence-electron chi connectivity index (χ2n) is 11.7. The quantitative estimate of drug-likeness (QED) is 0.166. The molecule has 4 aromatic rings. The zero-order valence-corrected chi connectivity index (χ0v) is 25.5. The third-order valence-electron chi connectivity index (χ3n) is 8.52. The van der Waals surface area contributed by atoms with Crippen LogP contribution in [0.15, 0.2) is 84.9 Å². The average Bonchev–Trinajstić information content (AvgIpc) is 3.39. The van der Waals surface area contributed by atoms with Gasteiger partial charge in [-0.1, -0.05) is 31.5 Å². The Balaban J connectivity index is 1.34. The first-order valence-corrected chi connectivity index (χ1v) is 15.6. The molecular weight excluding hydrogens is 589 g/mol. The van der Waals surface area contributed by atoms with E-state index in [1.807, 2.05) is 19.1 Å². The lowest BCUT2D eigenvalue weighted by Gasteiger charge is -2.26. The number of anilines is 2. The Labute approximate surface area is 266 Å². The molecule has 1 atom stereocenters. The minimum absolute atomic E-state index is 0.288. The SMILES string of the molecule is CCC(NC(=O)c1ccc2c(c1)C(=C(Nc1cccc(CN3CCCCC3)c1)c1ccc(F)cc1)C(=O)N2)c1ccc(F)c(F)c1. The van der Waals surface area contributed by atoms with Gasteiger partial charge in [0.05, 0.1) is 17.3 Å². The number of halogens is 3. The van der Waals surface area contributed by atoms with E-state index in [-0.39, 0.29) is 11.5 Å². The highest BCUT2D eigenvalue weighted by atomic mass is 19.2. The first-order valence-electron chi connectivity index (χ1n) is 15.6. The highest BCUT2D eigenvalue weighted by Gasteiger charge is 2.30. The van der Waals surface area contributed by atoms with Crippen molar-refractivity contribution >= 4 is 34.5 Å². The second-order valence-corrected chi connectivity index (χ2v) is 11.7. The summed E-state index contributed by atoms with van der Waals surface area (Å²) >= 11 is 0. The van der Waals surface area contributed by atoms with Crippen LogP contribution in [-0.2, 0) is 11.3 Å². The van der Waals surface area contributed by atoms with E-state index in [1.54, 1.807) is 30.3 Å². The first-order chi connectivity index (χ1) is 22.3. The largest absolute Gasteiger partial charge is 0.354 e. The molecule has 6 rings (SSSR count). The maximum absolute atomic E-state index is 14.0. The Bertz CT molecular complexity index is 1800. The number of amides is 2. The normalized spacial score (nSPS) is 16.4. The molecule has 46 heavy (non-hydrogen) atoms.